The van der Waals surface area contributed by atoms with E-state index in [0.29, 0.717) is 34.6 Å². The van der Waals surface area contributed by atoms with E-state index in [1.165, 1.54) is 0 Å². The summed E-state index contributed by atoms with van der Waals surface area (Å²) in [5, 5.41) is 1.13. The second-order valence-electron chi connectivity index (χ2n) is 7.90. The third-order valence-corrected chi connectivity index (χ3v) is 6.02. The maximum Gasteiger partial charge on any atom is 0.243 e. The lowest BCUT2D eigenvalue weighted by atomic mass is 10.1. The fourth-order valence-electron chi connectivity index (χ4n) is 3.53. The first-order valence-corrected chi connectivity index (χ1v) is 11.2. The van der Waals surface area contributed by atoms with Gasteiger partial charge < -0.3 is 9.64 Å². The molecule has 1 saturated heterocycles. The number of aryl methyl sites for hydroxylation is 1. The summed E-state index contributed by atoms with van der Waals surface area (Å²) in [6.07, 6.45) is 0.182. The molecule has 0 radical (unpaired) electrons. The SMILES string of the molecule is Cc1ccc(N2C[C@H](C(=O)NNc3ccc(OCc4ccc(Cl)cc4Cl)cc3)CC2=O)cc1. The minimum Gasteiger partial charge on any atom is -0.489 e. The van der Waals surface area contributed by atoms with Crippen LogP contribution in [0.4, 0.5) is 11.4 Å². The molecule has 1 fully saturated rings. The van der Waals surface area contributed by atoms with E-state index in [1.807, 2.05) is 37.3 Å². The molecule has 0 bridgehead atoms. The summed E-state index contributed by atoms with van der Waals surface area (Å²) in [4.78, 5) is 26.6. The van der Waals surface area contributed by atoms with Crippen LogP contribution in [0.25, 0.3) is 0 Å². The Morgan fingerprint density at radius 2 is 1.79 bits per heavy atom. The third-order valence-electron chi connectivity index (χ3n) is 5.44. The molecule has 3 aromatic carbocycles. The lowest BCUT2D eigenvalue weighted by Gasteiger charge is -2.17. The van der Waals surface area contributed by atoms with E-state index in [-0.39, 0.29) is 18.2 Å². The molecule has 0 aromatic heterocycles. The molecule has 2 N–H and O–H groups in total. The van der Waals surface area contributed by atoms with Gasteiger partial charge in [0.05, 0.1) is 11.6 Å². The Kier molecular flexibility index (Phi) is 7.06. The van der Waals surface area contributed by atoms with E-state index < -0.39 is 5.92 Å². The second-order valence-corrected chi connectivity index (χ2v) is 8.75. The highest BCUT2D eigenvalue weighted by Gasteiger charge is 2.35. The predicted octanol–water partition coefficient (Wildman–Crippen LogP) is 5.38. The van der Waals surface area contributed by atoms with E-state index in [0.717, 1.165) is 16.8 Å². The highest BCUT2D eigenvalue weighted by molar-refractivity contribution is 6.35. The Morgan fingerprint density at radius 3 is 2.48 bits per heavy atom. The van der Waals surface area contributed by atoms with Crippen LogP contribution in [0.3, 0.4) is 0 Å². The van der Waals surface area contributed by atoms with Crippen molar-refractivity contribution in [1.82, 2.24) is 5.43 Å². The normalized spacial score (nSPS) is 15.4. The van der Waals surface area contributed by atoms with Crippen LogP contribution in [-0.4, -0.2) is 18.4 Å². The molecule has 0 unspecified atom stereocenters. The molecular weight excluding hydrogens is 461 g/mol. The highest BCUT2D eigenvalue weighted by atomic mass is 35.5. The molecule has 2 amide bonds. The number of nitrogens with zero attached hydrogens (tertiary/aromatic N) is 1. The van der Waals surface area contributed by atoms with Gasteiger partial charge in [-0.3, -0.25) is 20.4 Å². The largest absolute Gasteiger partial charge is 0.489 e. The van der Waals surface area contributed by atoms with Gasteiger partial charge in [-0.2, -0.15) is 0 Å². The first-order valence-electron chi connectivity index (χ1n) is 10.5. The van der Waals surface area contributed by atoms with Gasteiger partial charge in [-0.15, -0.1) is 0 Å². The fraction of sp³-hybridized carbons (Fsp3) is 0.200. The molecule has 1 heterocycles. The standard InChI is InChI=1S/C25H23Cl2N3O3/c1-16-2-8-21(9-3-16)30-14-18(12-24(30)31)25(32)29-28-20-6-10-22(11-7-20)33-15-17-4-5-19(26)13-23(17)27/h2-11,13,18,28H,12,14-15H2,1H3,(H,29,32)/t18-/m1/s1. The molecule has 1 aliphatic heterocycles. The third kappa shape index (κ3) is 5.78. The Labute approximate surface area is 202 Å². The lowest BCUT2D eigenvalue weighted by molar-refractivity contribution is -0.125. The van der Waals surface area contributed by atoms with Crippen molar-refractivity contribution in [3.05, 3.63) is 87.9 Å². The average molecular weight is 484 g/mol. The molecule has 4 rings (SSSR count). The van der Waals surface area contributed by atoms with Gasteiger partial charge in [-0.25, -0.2) is 0 Å². The topological polar surface area (TPSA) is 70.7 Å². The van der Waals surface area contributed by atoms with E-state index in [4.69, 9.17) is 27.9 Å². The van der Waals surface area contributed by atoms with Crippen LogP contribution in [-0.2, 0) is 16.2 Å². The molecule has 8 heteroatoms. The van der Waals surface area contributed by atoms with Crippen LogP contribution in [0.1, 0.15) is 17.5 Å². The van der Waals surface area contributed by atoms with Gasteiger partial charge >= 0.3 is 0 Å². The van der Waals surface area contributed by atoms with Crippen molar-refractivity contribution >= 4 is 46.4 Å². The van der Waals surface area contributed by atoms with E-state index in [1.54, 1.807) is 41.3 Å². The molecule has 0 aliphatic carbocycles. The van der Waals surface area contributed by atoms with Crippen molar-refractivity contribution < 1.29 is 14.3 Å². The Morgan fingerprint density at radius 1 is 1.06 bits per heavy atom. The van der Waals surface area contributed by atoms with Gasteiger partial charge in [0.15, 0.2) is 0 Å². The number of nitrogens with one attached hydrogen (secondary N) is 2. The Hall–Kier alpha value is -3.22. The van der Waals surface area contributed by atoms with Crippen molar-refractivity contribution in [2.75, 3.05) is 16.9 Å². The van der Waals surface area contributed by atoms with Crippen molar-refractivity contribution in [2.24, 2.45) is 5.92 Å². The van der Waals surface area contributed by atoms with Crippen LogP contribution in [0.15, 0.2) is 66.7 Å². The number of rotatable bonds is 7. The van der Waals surface area contributed by atoms with Gasteiger partial charge in [0.1, 0.15) is 12.4 Å². The number of anilines is 2. The first kappa shape index (κ1) is 23.0. The lowest BCUT2D eigenvalue weighted by Crippen LogP contribution is -2.36. The van der Waals surface area contributed by atoms with Gasteiger partial charge in [0.25, 0.3) is 0 Å². The highest BCUT2D eigenvalue weighted by Crippen LogP contribution is 2.26. The fourth-order valence-corrected chi connectivity index (χ4v) is 3.99. The summed E-state index contributed by atoms with van der Waals surface area (Å²) >= 11 is 12.1. The van der Waals surface area contributed by atoms with Gasteiger partial charge in [-0.05, 0) is 55.5 Å². The van der Waals surface area contributed by atoms with Crippen LogP contribution in [0, 0.1) is 12.8 Å². The molecule has 1 atom stereocenters. The van der Waals surface area contributed by atoms with Gasteiger partial charge in [0.2, 0.25) is 11.8 Å². The first-order chi connectivity index (χ1) is 15.9. The zero-order chi connectivity index (χ0) is 23.4. The molecule has 0 saturated carbocycles. The summed E-state index contributed by atoms with van der Waals surface area (Å²) in [7, 11) is 0. The van der Waals surface area contributed by atoms with Crippen molar-refractivity contribution in [1.29, 1.82) is 0 Å². The van der Waals surface area contributed by atoms with E-state index >= 15 is 0 Å². The van der Waals surface area contributed by atoms with E-state index in [2.05, 4.69) is 10.9 Å². The maximum atomic E-state index is 12.6. The minimum absolute atomic E-state index is 0.0544. The number of benzene rings is 3. The van der Waals surface area contributed by atoms with Crippen molar-refractivity contribution in [3.8, 4) is 5.75 Å². The number of hydrazine groups is 1. The number of carbonyl (C=O) groups excluding carboxylic acids is 2. The van der Waals surface area contributed by atoms with Crippen molar-refractivity contribution in [2.45, 2.75) is 20.0 Å². The summed E-state index contributed by atoms with van der Waals surface area (Å²) in [5.41, 5.74) is 9.05. The van der Waals surface area contributed by atoms with Crippen LogP contribution in [0.5, 0.6) is 5.75 Å². The van der Waals surface area contributed by atoms with Gasteiger partial charge in [0, 0.05) is 34.3 Å². The zero-order valence-electron chi connectivity index (χ0n) is 18.0. The molecular formula is C25H23Cl2N3O3. The zero-order valence-corrected chi connectivity index (χ0v) is 19.5. The van der Waals surface area contributed by atoms with Crippen LogP contribution < -0.4 is 20.5 Å². The number of hydrogen-bond donors (Lipinski definition) is 2. The number of halogens is 2. The van der Waals surface area contributed by atoms with E-state index in [9.17, 15) is 9.59 Å². The quantitative estimate of drug-likeness (QED) is 0.442. The predicted molar refractivity (Wildman–Crippen MR) is 131 cm³/mol. The van der Waals surface area contributed by atoms with Crippen molar-refractivity contribution in [3.63, 3.8) is 0 Å². The minimum atomic E-state index is -0.418. The molecule has 6 nitrogen and oxygen atoms in total. The smallest absolute Gasteiger partial charge is 0.243 e. The Bertz CT molecular complexity index is 1150. The number of carbonyl (C=O) groups is 2. The van der Waals surface area contributed by atoms with Gasteiger partial charge in [-0.1, -0.05) is 47.0 Å². The second kappa shape index (κ2) is 10.1. The molecule has 33 heavy (non-hydrogen) atoms. The molecule has 1 aliphatic rings. The average Bonchev–Trinajstić information content (AvgIpc) is 3.20. The monoisotopic (exact) mass is 483 g/mol. The molecule has 170 valence electrons. The number of hydrogen-bond acceptors (Lipinski definition) is 4. The maximum absolute atomic E-state index is 12.6. The summed E-state index contributed by atoms with van der Waals surface area (Å²) in [6, 6.07) is 20.1. The molecule has 0 spiro atoms. The van der Waals surface area contributed by atoms with Crippen LogP contribution in [0.2, 0.25) is 10.0 Å². The molecule has 3 aromatic rings. The van der Waals surface area contributed by atoms with Crippen LogP contribution >= 0.6 is 23.2 Å². The summed E-state index contributed by atoms with van der Waals surface area (Å²) < 4.78 is 5.76. The number of amides is 2. The summed E-state index contributed by atoms with van der Waals surface area (Å²) in [6.45, 7) is 2.66. The Balaban J connectivity index is 1.27. The summed E-state index contributed by atoms with van der Waals surface area (Å²) in [5.74, 6) is -0.0389. The number of ether oxygens (including phenoxy) is 1.